The Labute approximate surface area is 296 Å². The van der Waals surface area contributed by atoms with Gasteiger partial charge < -0.3 is 0 Å². The standard InChI is InChI=1S/C10H8.2C6H5.4C2H6.2CH4.3Y/c1-2-6-10-8-4-3-7-9(10)5-1;2*1-2-4-6-5-3-1;4*1-2;;;;;/h1-8H;2*1-5H;4*1-2H3;2*1H4;;;/q;2*-1;;;;;;;;;. The molecule has 0 heterocycles. The molecule has 0 saturated carbocycles. The van der Waals surface area contributed by atoms with Gasteiger partial charge in [0.15, 0.2) is 0 Å². The summed E-state index contributed by atoms with van der Waals surface area (Å²) in [7, 11) is 0. The van der Waals surface area contributed by atoms with Gasteiger partial charge in [0.2, 0.25) is 0 Å². The van der Waals surface area contributed by atoms with Gasteiger partial charge >= 0.3 is 0 Å². The van der Waals surface area contributed by atoms with Crippen molar-refractivity contribution in [2.75, 3.05) is 0 Å². The van der Waals surface area contributed by atoms with E-state index in [0.29, 0.717) is 0 Å². The van der Waals surface area contributed by atoms with Gasteiger partial charge in [-0.1, -0.05) is 119 Å². The Morgan fingerprint density at radius 2 is 0.543 bits per heavy atom. The van der Waals surface area contributed by atoms with E-state index in [1.54, 1.807) is 0 Å². The second-order valence-corrected chi connectivity index (χ2v) is 4.50. The molecule has 0 spiro atoms. The van der Waals surface area contributed by atoms with Crippen molar-refractivity contribution in [2.24, 2.45) is 0 Å². The van der Waals surface area contributed by atoms with E-state index in [0.717, 1.165) is 0 Å². The van der Waals surface area contributed by atoms with Crippen LogP contribution in [0.3, 0.4) is 0 Å². The molecular weight excluding hydrogens is 651 g/mol. The van der Waals surface area contributed by atoms with Gasteiger partial charge in [-0.05, 0) is 10.8 Å². The van der Waals surface area contributed by atoms with Crippen LogP contribution < -0.4 is 0 Å². The Bertz CT molecular complexity index is 595. The molecule has 0 N–H and O–H groups in total. The first kappa shape index (κ1) is 55.8. The molecule has 0 aliphatic rings. The van der Waals surface area contributed by atoms with Gasteiger partial charge in [-0.3, -0.25) is 0 Å². The molecule has 4 aromatic carbocycles. The third kappa shape index (κ3) is 39.1. The second kappa shape index (κ2) is 55.1. The minimum Gasteiger partial charge on any atom is -0.184 e. The van der Waals surface area contributed by atoms with E-state index in [1.807, 2.05) is 116 Å². The number of fused-ring (bicyclic) bond motifs is 1. The number of rotatable bonds is 0. The van der Waals surface area contributed by atoms with Crippen molar-refractivity contribution in [2.45, 2.75) is 70.2 Å². The van der Waals surface area contributed by atoms with Crippen LogP contribution in [0, 0.1) is 12.1 Å². The molecule has 189 valence electrons. The summed E-state index contributed by atoms with van der Waals surface area (Å²) in [6.45, 7) is 16.0. The first-order valence-electron chi connectivity index (χ1n) is 11.2. The van der Waals surface area contributed by atoms with Crippen LogP contribution in [0.1, 0.15) is 70.2 Å². The summed E-state index contributed by atoms with van der Waals surface area (Å²) in [6, 6.07) is 41.7. The number of benzene rings is 4. The Balaban J connectivity index is -0.0000000439. The molecule has 3 heteroatoms. The third-order valence-electron chi connectivity index (χ3n) is 2.87. The minimum atomic E-state index is 0. The first-order chi connectivity index (χ1) is 15.0. The van der Waals surface area contributed by atoms with Crippen molar-refractivity contribution in [1.82, 2.24) is 0 Å². The Hall–Kier alpha value is 0.452. The number of hydrogen-bond donors (Lipinski definition) is 0. The Morgan fingerprint density at radius 1 is 0.343 bits per heavy atom. The molecule has 0 saturated heterocycles. The fourth-order valence-electron chi connectivity index (χ4n) is 1.82. The van der Waals surface area contributed by atoms with E-state index in [2.05, 4.69) is 60.7 Å². The zero-order valence-corrected chi connectivity index (χ0v) is 30.6. The molecule has 0 aliphatic carbocycles. The van der Waals surface area contributed by atoms with Crippen molar-refractivity contribution in [3.8, 4) is 0 Å². The van der Waals surface area contributed by atoms with E-state index in [-0.39, 0.29) is 113 Å². The zero-order chi connectivity index (χ0) is 23.3. The molecule has 35 heavy (non-hydrogen) atoms. The minimum absolute atomic E-state index is 0. The van der Waals surface area contributed by atoms with Gasteiger partial charge in [0, 0.05) is 98.1 Å². The molecule has 0 fully saturated rings. The molecular formula is C32H50Y3-2. The van der Waals surface area contributed by atoms with Crippen LogP contribution in [-0.4, -0.2) is 0 Å². The summed E-state index contributed by atoms with van der Waals surface area (Å²) in [4.78, 5) is 0. The molecule has 0 aliphatic heterocycles. The summed E-state index contributed by atoms with van der Waals surface area (Å²) in [5.74, 6) is 0. The van der Waals surface area contributed by atoms with Gasteiger partial charge in [-0.15, -0.1) is 0 Å². The maximum absolute atomic E-state index is 2.89. The van der Waals surface area contributed by atoms with E-state index in [1.165, 1.54) is 10.8 Å². The smallest absolute Gasteiger partial charge is 0 e. The quantitative estimate of drug-likeness (QED) is 0.160. The van der Waals surface area contributed by atoms with E-state index in [9.17, 15) is 0 Å². The van der Waals surface area contributed by atoms with Gasteiger partial charge in [0.1, 0.15) is 0 Å². The molecule has 0 aromatic heterocycles. The van der Waals surface area contributed by atoms with E-state index in [4.69, 9.17) is 0 Å². The number of hydrogen-bond acceptors (Lipinski definition) is 0. The molecule has 4 rings (SSSR count). The van der Waals surface area contributed by atoms with Crippen LogP contribution >= 0.6 is 0 Å². The fraction of sp³-hybridized carbons (Fsp3) is 0.312. The summed E-state index contributed by atoms with van der Waals surface area (Å²) < 4.78 is 0. The van der Waals surface area contributed by atoms with Crippen molar-refractivity contribution in [1.29, 1.82) is 0 Å². The molecule has 0 amide bonds. The molecule has 0 nitrogen and oxygen atoms in total. The average Bonchev–Trinajstić information content (AvgIpc) is 2.92. The van der Waals surface area contributed by atoms with Gasteiger partial charge in [0.05, 0.1) is 0 Å². The van der Waals surface area contributed by atoms with Crippen LogP contribution in [0.5, 0.6) is 0 Å². The molecule has 0 atom stereocenters. The van der Waals surface area contributed by atoms with Gasteiger partial charge in [-0.25, -0.2) is 0 Å². The topological polar surface area (TPSA) is 0 Å². The maximum atomic E-state index is 2.89. The van der Waals surface area contributed by atoms with Crippen molar-refractivity contribution in [3.63, 3.8) is 0 Å². The fourth-order valence-corrected chi connectivity index (χ4v) is 1.82. The monoisotopic (exact) mass is 701 g/mol. The van der Waals surface area contributed by atoms with Crippen molar-refractivity contribution >= 4 is 10.8 Å². The van der Waals surface area contributed by atoms with Crippen LogP contribution in [-0.2, 0) is 98.1 Å². The van der Waals surface area contributed by atoms with Crippen molar-refractivity contribution in [3.05, 3.63) is 121 Å². The second-order valence-electron chi connectivity index (χ2n) is 4.50. The van der Waals surface area contributed by atoms with Gasteiger partial charge in [0.25, 0.3) is 0 Å². The van der Waals surface area contributed by atoms with Crippen LogP contribution in [0.2, 0.25) is 0 Å². The largest absolute Gasteiger partial charge is 0.184 e. The SMILES string of the molecule is C.C.CC.CC.CC.CC.[Y].[Y].[Y].[c-]1ccccc1.[c-]1ccccc1.c1ccc2ccccc2c1. The van der Waals surface area contributed by atoms with Crippen LogP contribution in [0.4, 0.5) is 0 Å². The first-order valence-corrected chi connectivity index (χ1v) is 11.2. The normalized spacial score (nSPS) is 6.29. The van der Waals surface area contributed by atoms with Crippen molar-refractivity contribution < 1.29 is 98.1 Å². The third-order valence-corrected chi connectivity index (χ3v) is 2.87. The Morgan fingerprint density at radius 3 is 0.657 bits per heavy atom. The summed E-state index contributed by atoms with van der Waals surface area (Å²) >= 11 is 0. The zero-order valence-electron chi connectivity index (χ0n) is 22.1. The van der Waals surface area contributed by atoms with Crippen LogP contribution in [0.15, 0.2) is 109 Å². The summed E-state index contributed by atoms with van der Waals surface area (Å²) in [5, 5.41) is 2.62. The summed E-state index contributed by atoms with van der Waals surface area (Å²) in [5.41, 5.74) is 0. The van der Waals surface area contributed by atoms with E-state index >= 15 is 0 Å². The molecule has 0 bridgehead atoms. The predicted molar refractivity (Wildman–Crippen MR) is 153 cm³/mol. The summed E-state index contributed by atoms with van der Waals surface area (Å²) in [6.07, 6.45) is 0. The predicted octanol–water partition coefficient (Wildman–Crippen LogP) is 11.2. The molecule has 3 radical (unpaired) electrons. The van der Waals surface area contributed by atoms with E-state index < -0.39 is 0 Å². The maximum Gasteiger partial charge on any atom is 0 e. The van der Waals surface area contributed by atoms with Gasteiger partial charge in [-0.2, -0.15) is 72.8 Å². The molecule has 0 unspecified atom stereocenters. The average molecular weight is 701 g/mol. The molecule has 4 aromatic rings. The van der Waals surface area contributed by atoms with Crippen LogP contribution in [0.25, 0.3) is 10.8 Å². The Kier molecular flexibility index (Phi) is 87.9.